The third-order valence-corrected chi connectivity index (χ3v) is 20.3. The third-order valence-electron chi connectivity index (χ3n) is 6.02. The van der Waals surface area contributed by atoms with Crippen LogP contribution >= 0.6 is 0 Å². The molecular weight excluding hydrogens is 405 g/mol. The molecule has 0 aliphatic carbocycles. The van der Waals surface area contributed by atoms with Crippen molar-refractivity contribution in [2.24, 2.45) is 23.7 Å². The number of hydrogen-bond acceptors (Lipinski definition) is 2. The summed E-state index contributed by atoms with van der Waals surface area (Å²) in [6.45, 7) is 34.6. The second-order valence-electron chi connectivity index (χ2n) is 10.4. The van der Waals surface area contributed by atoms with Gasteiger partial charge in [0, 0.05) is 22.8 Å². The molecule has 1 aliphatic rings. The molecule has 1 aliphatic heterocycles. The zero-order chi connectivity index (χ0) is 22.2. The number of allylic oxidation sites excluding steroid dienone is 4. The molecule has 6 heteroatoms. The van der Waals surface area contributed by atoms with Gasteiger partial charge in [0.25, 0.3) is 0 Å². The first-order valence-electron chi connectivity index (χ1n) is 11.1. The lowest BCUT2D eigenvalue weighted by atomic mass is 9.92. The summed E-state index contributed by atoms with van der Waals surface area (Å²) in [5, 5.41) is 0. The Morgan fingerprint density at radius 1 is 0.500 bits per heavy atom. The lowest BCUT2D eigenvalue weighted by Gasteiger charge is -2.57. The topological polar surface area (TPSA) is 6.48 Å². The van der Waals surface area contributed by atoms with Crippen LogP contribution in [0.4, 0.5) is 0 Å². The van der Waals surface area contributed by atoms with Crippen LogP contribution in [-0.2, 0) is 0 Å². The van der Waals surface area contributed by atoms with Gasteiger partial charge in [0.05, 0.1) is 18.1 Å². The summed E-state index contributed by atoms with van der Waals surface area (Å²) in [6.07, 6.45) is 0. The van der Waals surface area contributed by atoms with Crippen molar-refractivity contribution < 1.29 is 0 Å². The first-order chi connectivity index (χ1) is 12.7. The van der Waals surface area contributed by atoms with E-state index in [-0.39, 0.29) is 0 Å². The van der Waals surface area contributed by atoms with Gasteiger partial charge in [-0.3, -0.25) is 0 Å². The largest absolute Gasteiger partial charge is 0.376 e. The van der Waals surface area contributed by atoms with E-state index in [2.05, 4.69) is 104 Å². The Bertz CT molecular complexity index is 526. The van der Waals surface area contributed by atoms with Crippen LogP contribution in [0, 0.1) is 23.7 Å². The molecule has 0 atom stereocenters. The zero-order valence-corrected chi connectivity index (χ0v) is 25.2. The Morgan fingerprint density at radius 3 is 0.786 bits per heavy atom. The van der Waals surface area contributed by atoms with Gasteiger partial charge in [-0.05, 0) is 23.7 Å². The van der Waals surface area contributed by atoms with Crippen LogP contribution in [0.2, 0.25) is 39.3 Å². The fourth-order valence-electron chi connectivity index (χ4n) is 4.36. The Balaban J connectivity index is 4.15. The summed E-state index contributed by atoms with van der Waals surface area (Å²) in [6, 6.07) is 0. The van der Waals surface area contributed by atoms with E-state index in [9.17, 15) is 0 Å². The second kappa shape index (κ2) is 9.39. The van der Waals surface area contributed by atoms with E-state index in [0.717, 1.165) is 18.1 Å². The number of rotatable bonds is 8. The van der Waals surface area contributed by atoms with Crippen molar-refractivity contribution >= 4 is 33.6 Å². The van der Waals surface area contributed by atoms with E-state index >= 15 is 0 Å². The van der Waals surface area contributed by atoms with Gasteiger partial charge in [-0.25, -0.2) is 0 Å². The van der Waals surface area contributed by atoms with Crippen LogP contribution in [0.3, 0.4) is 0 Å². The lowest BCUT2D eigenvalue weighted by Crippen LogP contribution is -2.62. The van der Waals surface area contributed by atoms with Gasteiger partial charge in [-0.1, -0.05) is 94.7 Å². The Labute approximate surface area is 183 Å². The first kappa shape index (κ1) is 26.0. The minimum Gasteiger partial charge on any atom is -0.376 e. The summed E-state index contributed by atoms with van der Waals surface area (Å²) in [7, 11) is -1.11. The summed E-state index contributed by atoms with van der Waals surface area (Å²) >= 11 is 0. The molecule has 0 aromatic heterocycles. The van der Waals surface area contributed by atoms with Crippen molar-refractivity contribution in [2.45, 2.75) is 94.7 Å². The molecule has 0 fully saturated rings. The maximum absolute atomic E-state index is 2.94. The minimum atomic E-state index is -1.57. The smallest absolute Gasteiger partial charge is 0.139 e. The molecule has 0 bridgehead atoms. The molecule has 1 rings (SSSR count). The number of hydrogen-bond donors (Lipinski definition) is 0. The van der Waals surface area contributed by atoms with E-state index in [1.54, 1.807) is 22.8 Å². The van der Waals surface area contributed by atoms with E-state index < -0.39 is 15.5 Å². The Morgan fingerprint density at radius 2 is 0.679 bits per heavy atom. The van der Waals surface area contributed by atoms with Gasteiger partial charge < -0.3 is 9.13 Å². The van der Waals surface area contributed by atoms with E-state index in [0.29, 0.717) is 23.7 Å². The molecule has 28 heavy (non-hydrogen) atoms. The molecule has 4 radical (unpaired) electrons. The molecule has 0 N–H and O–H groups in total. The zero-order valence-electron chi connectivity index (χ0n) is 21.2. The highest BCUT2D eigenvalue weighted by molar-refractivity contribution is 7.22. The van der Waals surface area contributed by atoms with Crippen molar-refractivity contribution in [3.63, 3.8) is 0 Å². The van der Waals surface area contributed by atoms with Gasteiger partial charge in [0.2, 0.25) is 0 Å². The van der Waals surface area contributed by atoms with Gasteiger partial charge >= 0.3 is 0 Å². The maximum Gasteiger partial charge on any atom is 0.139 e. The Kier molecular flexibility index (Phi) is 8.72. The first-order valence-corrected chi connectivity index (χ1v) is 22.0. The normalized spacial score (nSPS) is 17.4. The van der Waals surface area contributed by atoms with Crippen LogP contribution in [0.5, 0.6) is 0 Å². The molecule has 0 aromatic rings. The maximum atomic E-state index is 2.94. The molecule has 0 unspecified atom stereocenters. The lowest BCUT2D eigenvalue weighted by molar-refractivity contribution is 0.352. The van der Waals surface area contributed by atoms with E-state index in [1.807, 2.05) is 0 Å². The molecular formula is C22H46N2Si4. The van der Waals surface area contributed by atoms with Crippen LogP contribution in [-0.4, -0.2) is 42.7 Å². The molecule has 0 amide bonds. The molecule has 1 heterocycles. The average Bonchev–Trinajstić information content (AvgIpc) is 2.58. The monoisotopic (exact) mass is 450 g/mol. The van der Waals surface area contributed by atoms with Crippen molar-refractivity contribution in [3.8, 4) is 0 Å². The number of nitrogens with zero attached hydrogens (tertiary/aromatic N) is 2. The van der Waals surface area contributed by atoms with Gasteiger partial charge in [0.1, 0.15) is 15.5 Å². The predicted molar refractivity (Wildman–Crippen MR) is 135 cm³/mol. The van der Waals surface area contributed by atoms with Crippen molar-refractivity contribution in [1.82, 2.24) is 9.13 Å². The summed E-state index contributed by atoms with van der Waals surface area (Å²) in [5.74, 6) is 2.21. The molecule has 0 saturated heterocycles. The summed E-state index contributed by atoms with van der Waals surface area (Å²) in [4.78, 5) is 0. The van der Waals surface area contributed by atoms with Gasteiger partial charge in [0.15, 0.2) is 0 Å². The van der Waals surface area contributed by atoms with E-state index in [4.69, 9.17) is 0 Å². The Hall–Kier alpha value is -0.0525. The molecule has 0 saturated carbocycles. The highest BCUT2D eigenvalue weighted by atomic mass is 29.2. The fraction of sp³-hybridized carbons (Fsp3) is 0.818. The standard InChI is InChI=1S/C22H46N2Si4/c1-15(2)19-20(16(3)4)24(28(13,14)26-10)22(18(7)8)21(17(5)6)23(19)27(11,12)25-9/h15-18H,1-14H3. The molecule has 160 valence electrons. The molecule has 0 aromatic carbocycles. The minimum absolute atomic E-state index is 0.551. The SMILES string of the molecule is C[Si][Si](C)(C)N1C(C(C)C)=C(C(C)C)N([Si](C)(C)[Si]C)C(C(C)C)=C1C(C)C. The van der Waals surface area contributed by atoms with Gasteiger partial charge in [-0.15, -0.1) is 0 Å². The van der Waals surface area contributed by atoms with Crippen molar-refractivity contribution in [1.29, 1.82) is 0 Å². The molecule has 0 spiro atoms. The van der Waals surface area contributed by atoms with Crippen LogP contribution < -0.4 is 0 Å². The van der Waals surface area contributed by atoms with E-state index in [1.165, 1.54) is 0 Å². The van der Waals surface area contributed by atoms with Crippen molar-refractivity contribution in [2.75, 3.05) is 0 Å². The summed E-state index contributed by atoms with van der Waals surface area (Å²) < 4.78 is 5.87. The van der Waals surface area contributed by atoms with Crippen LogP contribution in [0.1, 0.15) is 55.4 Å². The fourth-order valence-corrected chi connectivity index (χ4v) is 11.5. The molecule has 2 nitrogen and oxygen atoms in total. The van der Waals surface area contributed by atoms with Crippen LogP contribution in [0.15, 0.2) is 22.8 Å². The highest BCUT2D eigenvalue weighted by Crippen LogP contribution is 2.46. The average molecular weight is 451 g/mol. The quantitative estimate of drug-likeness (QED) is 0.386. The van der Waals surface area contributed by atoms with Crippen molar-refractivity contribution in [3.05, 3.63) is 22.8 Å². The van der Waals surface area contributed by atoms with Gasteiger partial charge in [-0.2, -0.15) is 0 Å². The van der Waals surface area contributed by atoms with Crippen LogP contribution in [0.25, 0.3) is 0 Å². The summed E-state index contributed by atoms with van der Waals surface area (Å²) in [5.41, 5.74) is 6.58. The predicted octanol–water partition coefficient (Wildman–Crippen LogP) is 6.56. The second-order valence-corrected chi connectivity index (χ2v) is 28.9. The third kappa shape index (κ3) is 4.81. The highest BCUT2D eigenvalue weighted by Gasteiger charge is 2.46.